The second-order valence-electron chi connectivity index (χ2n) is 5.78. The molecule has 0 spiro atoms. The highest BCUT2D eigenvalue weighted by Gasteiger charge is 2.18. The molecule has 0 aliphatic heterocycles. The number of thiazole rings is 1. The van der Waals surface area contributed by atoms with Crippen molar-refractivity contribution in [2.24, 2.45) is 0 Å². The maximum absolute atomic E-state index is 12.6. The molecular weight excluding hydrogens is 334 g/mol. The van der Waals surface area contributed by atoms with E-state index in [2.05, 4.69) is 22.5 Å². The second kappa shape index (κ2) is 7.63. The molecule has 0 aliphatic carbocycles. The minimum absolute atomic E-state index is 0.148. The number of benzene rings is 1. The lowest BCUT2D eigenvalue weighted by Crippen LogP contribution is -2.14. The molecule has 2 heterocycles. The number of nitrogens with one attached hydrogen (secondary N) is 2. The molecule has 130 valence electrons. The summed E-state index contributed by atoms with van der Waals surface area (Å²) >= 11 is 1.34. The zero-order chi connectivity index (χ0) is 17.8. The molecule has 0 aliphatic rings. The summed E-state index contributed by atoms with van der Waals surface area (Å²) in [6.45, 7) is 7.48. The number of nitrogens with zero attached hydrogens (tertiary/aromatic N) is 1. The van der Waals surface area contributed by atoms with Gasteiger partial charge in [0.25, 0.3) is 5.91 Å². The van der Waals surface area contributed by atoms with Gasteiger partial charge in [-0.05, 0) is 50.2 Å². The summed E-state index contributed by atoms with van der Waals surface area (Å²) in [6, 6.07) is 11.6. The molecular formula is C19H21N3O2S. The molecule has 3 aromatic rings. The lowest BCUT2D eigenvalue weighted by molar-refractivity contribution is 0.103. The molecule has 1 amide bonds. The first-order chi connectivity index (χ1) is 12.1. The number of carbonyl (C=O) groups is 1. The Morgan fingerprint density at radius 2 is 2.08 bits per heavy atom. The summed E-state index contributed by atoms with van der Waals surface area (Å²) in [5, 5.41) is 6.96. The Morgan fingerprint density at radius 1 is 1.24 bits per heavy atom. The molecule has 0 saturated heterocycles. The van der Waals surface area contributed by atoms with Gasteiger partial charge in [0.05, 0.1) is 5.69 Å². The molecule has 1 aromatic carbocycles. The molecule has 2 N–H and O–H groups in total. The molecule has 6 heteroatoms. The molecule has 0 bridgehead atoms. The van der Waals surface area contributed by atoms with Crippen molar-refractivity contribution >= 4 is 22.9 Å². The van der Waals surface area contributed by atoms with E-state index in [0.717, 1.165) is 35.1 Å². The molecule has 0 radical (unpaired) electrons. The first-order valence-electron chi connectivity index (χ1n) is 8.22. The first kappa shape index (κ1) is 17.4. The van der Waals surface area contributed by atoms with Gasteiger partial charge in [-0.25, -0.2) is 4.98 Å². The van der Waals surface area contributed by atoms with Crippen LogP contribution in [0.15, 0.2) is 40.8 Å². The molecule has 0 unspecified atom stereocenters. The van der Waals surface area contributed by atoms with E-state index in [4.69, 9.17) is 4.42 Å². The van der Waals surface area contributed by atoms with E-state index >= 15 is 0 Å². The van der Waals surface area contributed by atoms with Crippen LogP contribution in [-0.4, -0.2) is 17.4 Å². The van der Waals surface area contributed by atoms with E-state index in [0.29, 0.717) is 16.3 Å². The van der Waals surface area contributed by atoms with Crippen molar-refractivity contribution in [2.45, 2.75) is 27.3 Å². The van der Waals surface area contributed by atoms with Crippen LogP contribution in [0.1, 0.15) is 33.6 Å². The van der Waals surface area contributed by atoms with Gasteiger partial charge in [-0.3, -0.25) is 4.79 Å². The zero-order valence-electron chi connectivity index (χ0n) is 14.6. The van der Waals surface area contributed by atoms with Gasteiger partial charge >= 0.3 is 0 Å². The van der Waals surface area contributed by atoms with Crippen molar-refractivity contribution < 1.29 is 9.21 Å². The Labute approximate surface area is 151 Å². The standard InChI is InChI=1S/C19H21N3O2S/c1-4-20-11-14-6-5-7-15(10-14)22-18(23)17-13(3)21-19(25-17)16-9-8-12(2)24-16/h5-10,20H,4,11H2,1-3H3,(H,22,23). The van der Waals surface area contributed by atoms with Crippen LogP contribution in [0.4, 0.5) is 5.69 Å². The maximum atomic E-state index is 12.6. The Hall–Kier alpha value is -2.44. The Balaban J connectivity index is 1.76. The minimum atomic E-state index is -0.148. The van der Waals surface area contributed by atoms with Crippen molar-refractivity contribution in [3.63, 3.8) is 0 Å². The van der Waals surface area contributed by atoms with Crippen molar-refractivity contribution in [3.8, 4) is 10.8 Å². The van der Waals surface area contributed by atoms with Crippen LogP contribution in [0.5, 0.6) is 0 Å². The van der Waals surface area contributed by atoms with Gasteiger partial charge in [-0.1, -0.05) is 19.1 Å². The van der Waals surface area contributed by atoms with Gasteiger partial charge in [-0.15, -0.1) is 11.3 Å². The number of carbonyl (C=O) groups excluding carboxylic acids is 1. The highest BCUT2D eigenvalue weighted by atomic mass is 32.1. The number of furan rings is 1. The van der Waals surface area contributed by atoms with Crippen LogP contribution in [0.25, 0.3) is 10.8 Å². The third kappa shape index (κ3) is 4.15. The Kier molecular flexibility index (Phi) is 5.31. The summed E-state index contributed by atoms with van der Waals surface area (Å²) in [6.07, 6.45) is 0. The Morgan fingerprint density at radius 3 is 2.80 bits per heavy atom. The average Bonchev–Trinajstić information content (AvgIpc) is 3.19. The van der Waals surface area contributed by atoms with E-state index in [-0.39, 0.29) is 5.91 Å². The summed E-state index contributed by atoms with van der Waals surface area (Å²) in [5.74, 6) is 1.37. The van der Waals surface area contributed by atoms with E-state index in [1.54, 1.807) is 0 Å². The van der Waals surface area contributed by atoms with Gasteiger partial charge in [0.1, 0.15) is 10.6 Å². The molecule has 3 rings (SSSR count). The maximum Gasteiger partial charge on any atom is 0.267 e. The van der Waals surface area contributed by atoms with Gasteiger partial charge in [-0.2, -0.15) is 0 Å². The number of hydrogen-bond acceptors (Lipinski definition) is 5. The van der Waals surface area contributed by atoms with E-state index in [1.807, 2.05) is 50.2 Å². The second-order valence-corrected chi connectivity index (χ2v) is 6.78. The van der Waals surface area contributed by atoms with E-state index in [1.165, 1.54) is 11.3 Å². The third-order valence-corrected chi connectivity index (χ3v) is 4.89. The van der Waals surface area contributed by atoms with Crippen LogP contribution in [-0.2, 0) is 6.54 Å². The number of aromatic nitrogens is 1. The number of rotatable bonds is 6. The smallest absolute Gasteiger partial charge is 0.267 e. The van der Waals surface area contributed by atoms with Crippen molar-refractivity contribution in [1.29, 1.82) is 0 Å². The highest BCUT2D eigenvalue weighted by molar-refractivity contribution is 7.17. The molecule has 2 aromatic heterocycles. The van der Waals surface area contributed by atoms with Crippen LogP contribution >= 0.6 is 11.3 Å². The SMILES string of the molecule is CCNCc1cccc(NC(=O)c2sc(-c3ccc(C)o3)nc2C)c1. The quantitative estimate of drug-likeness (QED) is 0.688. The average molecular weight is 355 g/mol. The number of hydrogen-bond donors (Lipinski definition) is 2. The van der Waals surface area contributed by atoms with Gasteiger partial charge in [0.15, 0.2) is 10.8 Å². The highest BCUT2D eigenvalue weighted by Crippen LogP contribution is 2.29. The number of aryl methyl sites for hydroxylation is 2. The van der Waals surface area contributed by atoms with Crippen LogP contribution in [0.2, 0.25) is 0 Å². The van der Waals surface area contributed by atoms with E-state index in [9.17, 15) is 4.79 Å². The van der Waals surface area contributed by atoms with Crippen molar-refractivity contribution in [3.05, 3.63) is 58.3 Å². The fourth-order valence-electron chi connectivity index (χ4n) is 2.48. The molecule has 0 fully saturated rings. The first-order valence-corrected chi connectivity index (χ1v) is 9.03. The molecule has 5 nitrogen and oxygen atoms in total. The van der Waals surface area contributed by atoms with Gasteiger partial charge < -0.3 is 15.1 Å². The molecule has 0 atom stereocenters. The molecule has 0 saturated carbocycles. The largest absolute Gasteiger partial charge is 0.459 e. The molecule has 25 heavy (non-hydrogen) atoms. The van der Waals surface area contributed by atoms with Crippen molar-refractivity contribution in [1.82, 2.24) is 10.3 Å². The van der Waals surface area contributed by atoms with Crippen LogP contribution in [0.3, 0.4) is 0 Å². The van der Waals surface area contributed by atoms with Crippen molar-refractivity contribution in [2.75, 3.05) is 11.9 Å². The third-order valence-electron chi connectivity index (χ3n) is 3.72. The zero-order valence-corrected chi connectivity index (χ0v) is 15.4. The van der Waals surface area contributed by atoms with E-state index < -0.39 is 0 Å². The number of amides is 1. The fraction of sp³-hybridized carbons (Fsp3) is 0.263. The van der Waals surface area contributed by atoms with Gasteiger partial charge in [0, 0.05) is 12.2 Å². The lowest BCUT2D eigenvalue weighted by Gasteiger charge is -2.07. The summed E-state index contributed by atoms with van der Waals surface area (Å²) in [5.41, 5.74) is 2.62. The lowest BCUT2D eigenvalue weighted by atomic mass is 10.2. The fourth-order valence-corrected chi connectivity index (χ4v) is 3.40. The summed E-state index contributed by atoms with van der Waals surface area (Å²) < 4.78 is 5.60. The minimum Gasteiger partial charge on any atom is -0.459 e. The topological polar surface area (TPSA) is 67.2 Å². The van der Waals surface area contributed by atoms with Gasteiger partial charge in [0.2, 0.25) is 0 Å². The number of anilines is 1. The van der Waals surface area contributed by atoms with Crippen LogP contribution < -0.4 is 10.6 Å². The summed E-state index contributed by atoms with van der Waals surface area (Å²) in [4.78, 5) is 17.7. The van der Waals surface area contributed by atoms with Crippen LogP contribution in [0, 0.1) is 13.8 Å². The summed E-state index contributed by atoms with van der Waals surface area (Å²) in [7, 11) is 0. The Bertz CT molecular complexity index is 882. The monoisotopic (exact) mass is 355 g/mol. The predicted octanol–water partition coefficient (Wildman–Crippen LogP) is 4.38. The predicted molar refractivity (Wildman–Crippen MR) is 101 cm³/mol. The normalized spacial score (nSPS) is 10.8.